The van der Waals surface area contributed by atoms with Crippen LogP contribution >= 0.6 is 0 Å². The van der Waals surface area contributed by atoms with Crippen LogP contribution in [0.1, 0.15) is 16.1 Å². The van der Waals surface area contributed by atoms with Crippen LogP contribution in [0.3, 0.4) is 0 Å². The highest BCUT2D eigenvalue weighted by Crippen LogP contribution is 1.98. The van der Waals surface area contributed by atoms with Crippen molar-refractivity contribution in [2.45, 2.75) is 6.54 Å². The first-order valence-electron chi connectivity index (χ1n) is 5.13. The fourth-order valence-electron chi connectivity index (χ4n) is 1.33. The topological polar surface area (TPSA) is 74.8 Å². The third-order valence-corrected chi connectivity index (χ3v) is 2.20. The maximum absolute atomic E-state index is 11.7. The summed E-state index contributed by atoms with van der Waals surface area (Å²) in [6.45, 7) is 0.282. The Bertz CT molecular complexity index is 543. The molecule has 2 rings (SSSR count). The zero-order chi connectivity index (χ0) is 12.1. The molecule has 0 radical (unpaired) electrons. The molecular weight excluding hydrogens is 218 g/mol. The van der Waals surface area contributed by atoms with Crippen LogP contribution in [0.4, 0.5) is 0 Å². The Morgan fingerprint density at radius 2 is 1.94 bits per heavy atom. The summed E-state index contributed by atoms with van der Waals surface area (Å²) < 4.78 is 0. The van der Waals surface area contributed by atoms with E-state index < -0.39 is 0 Å². The summed E-state index contributed by atoms with van der Waals surface area (Å²) in [5, 5.41) is 8.81. The summed E-state index contributed by atoms with van der Waals surface area (Å²) in [6, 6.07) is 11.9. The quantitative estimate of drug-likeness (QED) is 0.813. The first-order chi connectivity index (χ1) is 8.25. The number of benzene rings is 1. The summed E-state index contributed by atoms with van der Waals surface area (Å²) in [4.78, 5) is 22.4. The average molecular weight is 229 g/mol. The Balaban J connectivity index is 1.97. The molecule has 0 saturated carbocycles. The van der Waals surface area contributed by atoms with E-state index in [0.29, 0.717) is 11.3 Å². The molecule has 5 heteroatoms. The number of aromatic amines is 1. The van der Waals surface area contributed by atoms with E-state index in [2.05, 4.69) is 15.5 Å². The summed E-state index contributed by atoms with van der Waals surface area (Å²) in [5.74, 6) is -0.168. The zero-order valence-corrected chi connectivity index (χ0v) is 9.01. The second-order valence-corrected chi connectivity index (χ2v) is 3.46. The number of hydrogen-bond donors (Lipinski definition) is 2. The lowest BCUT2D eigenvalue weighted by molar-refractivity contribution is 0.0950. The highest BCUT2D eigenvalue weighted by Gasteiger charge is 2.04. The molecule has 0 aliphatic heterocycles. The molecule has 0 unspecified atom stereocenters. The number of carbonyl (C=O) groups excluding carboxylic acids is 1. The molecule has 1 heterocycles. The van der Waals surface area contributed by atoms with E-state index in [0.717, 1.165) is 0 Å². The second-order valence-electron chi connectivity index (χ2n) is 3.46. The number of hydrogen-bond acceptors (Lipinski definition) is 3. The number of H-pyrrole nitrogens is 1. The lowest BCUT2D eigenvalue weighted by Gasteiger charge is -2.03. The molecule has 0 aliphatic rings. The van der Waals surface area contributed by atoms with Crippen molar-refractivity contribution >= 4 is 5.91 Å². The van der Waals surface area contributed by atoms with Crippen LogP contribution in [0.15, 0.2) is 47.3 Å². The van der Waals surface area contributed by atoms with Gasteiger partial charge >= 0.3 is 0 Å². The molecule has 0 fully saturated rings. The Hall–Kier alpha value is -2.43. The van der Waals surface area contributed by atoms with Crippen LogP contribution in [-0.2, 0) is 6.54 Å². The van der Waals surface area contributed by atoms with Crippen molar-refractivity contribution < 1.29 is 4.79 Å². The number of aromatic nitrogens is 2. The van der Waals surface area contributed by atoms with Crippen LogP contribution in [0.5, 0.6) is 0 Å². The molecule has 0 spiro atoms. The van der Waals surface area contributed by atoms with Gasteiger partial charge in [0.1, 0.15) is 0 Å². The number of nitrogens with one attached hydrogen (secondary N) is 2. The van der Waals surface area contributed by atoms with E-state index in [1.807, 2.05) is 6.07 Å². The lowest BCUT2D eigenvalue weighted by atomic mass is 10.2. The summed E-state index contributed by atoms with van der Waals surface area (Å²) in [5.41, 5.74) is 0.939. The van der Waals surface area contributed by atoms with Crippen LogP contribution in [0, 0.1) is 0 Å². The summed E-state index contributed by atoms with van der Waals surface area (Å²) in [7, 11) is 0. The predicted molar refractivity (Wildman–Crippen MR) is 62.5 cm³/mol. The van der Waals surface area contributed by atoms with Gasteiger partial charge in [-0.2, -0.15) is 5.10 Å². The van der Waals surface area contributed by atoms with Crippen molar-refractivity contribution in [3.05, 3.63) is 64.1 Å². The van der Waals surface area contributed by atoms with Gasteiger partial charge in [0.2, 0.25) is 0 Å². The Morgan fingerprint density at radius 1 is 1.18 bits per heavy atom. The van der Waals surface area contributed by atoms with E-state index in [1.54, 1.807) is 30.3 Å². The maximum atomic E-state index is 11.7. The third kappa shape index (κ3) is 3.01. The summed E-state index contributed by atoms with van der Waals surface area (Å²) in [6.07, 6.45) is 0. The van der Waals surface area contributed by atoms with Crippen LogP contribution < -0.4 is 10.9 Å². The van der Waals surface area contributed by atoms with Gasteiger partial charge < -0.3 is 5.32 Å². The van der Waals surface area contributed by atoms with Crippen molar-refractivity contribution in [3.8, 4) is 0 Å². The van der Waals surface area contributed by atoms with Crippen LogP contribution in [0.25, 0.3) is 0 Å². The molecule has 17 heavy (non-hydrogen) atoms. The van der Waals surface area contributed by atoms with Gasteiger partial charge in [-0.15, -0.1) is 0 Å². The Kier molecular flexibility index (Phi) is 3.30. The molecule has 0 bridgehead atoms. The van der Waals surface area contributed by atoms with Gasteiger partial charge in [-0.1, -0.05) is 18.2 Å². The zero-order valence-electron chi connectivity index (χ0n) is 9.01. The van der Waals surface area contributed by atoms with Gasteiger partial charge in [0.15, 0.2) is 0 Å². The molecule has 2 aromatic rings. The molecule has 1 aromatic heterocycles. The minimum Gasteiger partial charge on any atom is -0.346 e. The third-order valence-electron chi connectivity index (χ3n) is 2.20. The van der Waals surface area contributed by atoms with E-state index in [9.17, 15) is 9.59 Å². The van der Waals surface area contributed by atoms with Crippen molar-refractivity contribution in [1.82, 2.24) is 15.5 Å². The van der Waals surface area contributed by atoms with Crippen molar-refractivity contribution in [2.24, 2.45) is 0 Å². The number of carbonyl (C=O) groups is 1. The van der Waals surface area contributed by atoms with Gasteiger partial charge in [0, 0.05) is 11.6 Å². The fraction of sp³-hybridized carbons (Fsp3) is 0.0833. The smallest absolute Gasteiger partial charge is 0.264 e. The van der Waals surface area contributed by atoms with Crippen molar-refractivity contribution in [2.75, 3.05) is 0 Å². The minimum absolute atomic E-state index is 0.168. The highest BCUT2D eigenvalue weighted by molar-refractivity contribution is 5.93. The van der Waals surface area contributed by atoms with Crippen molar-refractivity contribution in [1.29, 1.82) is 0 Å². The van der Waals surface area contributed by atoms with Crippen LogP contribution in [0.2, 0.25) is 0 Å². The first kappa shape index (κ1) is 11.1. The van der Waals surface area contributed by atoms with Gasteiger partial charge in [0.05, 0.1) is 12.2 Å². The fourth-order valence-corrected chi connectivity index (χ4v) is 1.33. The monoisotopic (exact) mass is 229 g/mol. The minimum atomic E-state index is -0.261. The molecule has 0 aliphatic carbocycles. The van der Waals surface area contributed by atoms with Crippen molar-refractivity contribution in [3.63, 3.8) is 0 Å². The Morgan fingerprint density at radius 3 is 2.59 bits per heavy atom. The normalized spacial score (nSPS) is 9.88. The second kappa shape index (κ2) is 5.07. The SMILES string of the molecule is O=C(NCc1ccc(=O)[nH]n1)c1ccccc1. The first-order valence-corrected chi connectivity index (χ1v) is 5.13. The molecule has 0 saturated heterocycles. The van der Waals surface area contributed by atoms with E-state index in [-0.39, 0.29) is 18.0 Å². The summed E-state index contributed by atoms with van der Waals surface area (Å²) >= 11 is 0. The van der Waals surface area contributed by atoms with Gasteiger partial charge in [-0.3, -0.25) is 9.59 Å². The van der Waals surface area contributed by atoms with Gasteiger partial charge in [-0.25, -0.2) is 5.10 Å². The molecule has 1 amide bonds. The lowest BCUT2D eigenvalue weighted by Crippen LogP contribution is -2.24. The predicted octanol–water partition coefficient (Wildman–Crippen LogP) is 0.700. The molecule has 86 valence electrons. The molecule has 0 atom stereocenters. The van der Waals surface area contributed by atoms with E-state index in [4.69, 9.17) is 0 Å². The number of nitrogens with zero attached hydrogens (tertiary/aromatic N) is 1. The average Bonchev–Trinajstić information content (AvgIpc) is 2.39. The van der Waals surface area contributed by atoms with Gasteiger partial charge in [0.25, 0.3) is 11.5 Å². The molecule has 2 N–H and O–H groups in total. The molecule has 1 aromatic carbocycles. The molecule has 5 nitrogen and oxygen atoms in total. The maximum Gasteiger partial charge on any atom is 0.264 e. The van der Waals surface area contributed by atoms with Gasteiger partial charge in [-0.05, 0) is 18.2 Å². The van der Waals surface area contributed by atoms with Crippen LogP contribution in [-0.4, -0.2) is 16.1 Å². The number of rotatable bonds is 3. The highest BCUT2D eigenvalue weighted by atomic mass is 16.1. The Labute approximate surface area is 97.5 Å². The number of amides is 1. The largest absolute Gasteiger partial charge is 0.346 e. The molecular formula is C12H11N3O2. The van der Waals surface area contributed by atoms with E-state index >= 15 is 0 Å². The standard InChI is InChI=1S/C12H11N3O2/c16-11-7-6-10(14-15-11)8-13-12(17)9-4-2-1-3-5-9/h1-7H,8H2,(H,13,17)(H,15,16). The van der Waals surface area contributed by atoms with E-state index in [1.165, 1.54) is 6.07 Å².